The van der Waals surface area contributed by atoms with Crippen LogP contribution in [0.1, 0.15) is 12.8 Å². The molecule has 0 saturated carbocycles. The van der Waals surface area contributed by atoms with Crippen molar-refractivity contribution in [3.8, 4) is 11.8 Å². The van der Waals surface area contributed by atoms with Crippen LogP contribution in [0.4, 0.5) is 0 Å². The molecule has 0 radical (unpaired) electrons. The Hall–Kier alpha value is -0.880. The van der Waals surface area contributed by atoms with Gasteiger partial charge >= 0.3 is 0 Å². The van der Waals surface area contributed by atoms with Crippen molar-refractivity contribution in [3.05, 3.63) is 0 Å². The van der Waals surface area contributed by atoms with E-state index >= 15 is 0 Å². The number of fused-ring (bicyclic) bond motifs is 3. The van der Waals surface area contributed by atoms with Crippen molar-refractivity contribution in [3.63, 3.8) is 0 Å². The van der Waals surface area contributed by atoms with Crippen LogP contribution >= 0.6 is 11.7 Å². The van der Waals surface area contributed by atoms with E-state index in [9.17, 15) is 0 Å². The molecule has 5 nitrogen and oxygen atoms in total. The zero-order chi connectivity index (χ0) is 11.0. The molecule has 4 heterocycles. The molecule has 88 valence electrons. The lowest BCUT2D eigenvalue weighted by atomic mass is 9.86. The van der Waals surface area contributed by atoms with Gasteiger partial charge in [0.25, 0.3) is 11.8 Å². The minimum Gasteiger partial charge on any atom is -0.477 e. The van der Waals surface area contributed by atoms with Crippen molar-refractivity contribution in [2.45, 2.75) is 18.9 Å². The first kappa shape index (κ1) is 10.3. The summed E-state index contributed by atoms with van der Waals surface area (Å²) < 4.78 is 19.2. The highest BCUT2D eigenvalue weighted by molar-refractivity contribution is 6.99. The molecule has 4 rings (SSSR count). The van der Waals surface area contributed by atoms with Crippen LogP contribution in [-0.4, -0.2) is 46.5 Å². The van der Waals surface area contributed by atoms with Crippen LogP contribution in [0.2, 0.25) is 0 Å². The van der Waals surface area contributed by atoms with Crippen LogP contribution in [0.25, 0.3) is 0 Å². The lowest BCUT2D eigenvalue weighted by molar-refractivity contribution is -0.0107. The minimum atomic E-state index is 0.264. The Kier molecular flexibility index (Phi) is 2.69. The predicted molar refractivity (Wildman–Crippen MR) is 60.0 cm³/mol. The summed E-state index contributed by atoms with van der Waals surface area (Å²) in [5.41, 5.74) is 0. The molecule has 0 aliphatic carbocycles. The molecular formula is C10H15N3O2S. The van der Waals surface area contributed by atoms with Gasteiger partial charge in [0.1, 0.15) is 6.10 Å². The first-order valence-electron chi connectivity index (χ1n) is 5.62. The van der Waals surface area contributed by atoms with Crippen LogP contribution in [0.5, 0.6) is 11.8 Å². The summed E-state index contributed by atoms with van der Waals surface area (Å²) in [4.78, 5) is 2.46. The molecular weight excluding hydrogens is 226 g/mol. The van der Waals surface area contributed by atoms with E-state index < -0.39 is 0 Å². The van der Waals surface area contributed by atoms with Gasteiger partial charge in [-0.2, -0.15) is 0 Å². The molecule has 0 amide bonds. The minimum absolute atomic E-state index is 0.264. The fourth-order valence-electron chi connectivity index (χ4n) is 2.56. The van der Waals surface area contributed by atoms with E-state index in [4.69, 9.17) is 9.47 Å². The predicted octanol–water partition coefficient (Wildman–Crippen LogP) is 1.02. The largest absolute Gasteiger partial charge is 0.477 e. The first-order valence-corrected chi connectivity index (χ1v) is 6.35. The van der Waals surface area contributed by atoms with Crippen LogP contribution < -0.4 is 9.47 Å². The third-order valence-electron chi connectivity index (χ3n) is 3.48. The Morgan fingerprint density at radius 2 is 2.00 bits per heavy atom. The van der Waals surface area contributed by atoms with Crippen molar-refractivity contribution in [2.75, 3.05) is 26.7 Å². The Bertz CT molecular complexity index is 363. The summed E-state index contributed by atoms with van der Waals surface area (Å²) in [5, 5.41) is 0. The van der Waals surface area contributed by atoms with Gasteiger partial charge in [-0.25, -0.2) is 0 Å². The van der Waals surface area contributed by atoms with Crippen molar-refractivity contribution >= 4 is 11.7 Å². The quantitative estimate of drug-likeness (QED) is 0.790. The van der Waals surface area contributed by atoms with E-state index in [0.717, 1.165) is 18.3 Å². The second kappa shape index (κ2) is 4.18. The third-order valence-corrected chi connectivity index (χ3v) is 3.98. The third kappa shape index (κ3) is 1.76. The summed E-state index contributed by atoms with van der Waals surface area (Å²) in [5.74, 6) is 1.75. The Balaban J connectivity index is 1.71. The number of aromatic nitrogens is 2. The molecule has 6 heteroatoms. The van der Waals surface area contributed by atoms with Gasteiger partial charge in [0, 0.05) is 6.54 Å². The van der Waals surface area contributed by atoms with E-state index in [1.54, 1.807) is 7.11 Å². The first-order chi connectivity index (χ1) is 7.86. The van der Waals surface area contributed by atoms with Crippen LogP contribution in [0, 0.1) is 5.92 Å². The summed E-state index contributed by atoms with van der Waals surface area (Å²) in [6.45, 7) is 3.46. The van der Waals surface area contributed by atoms with Crippen molar-refractivity contribution < 1.29 is 9.47 Å². The molecule has 3 saturated heterocycles. The van der Waals surface area contributed by atoms with Gasteiger partial charge < -0.3 is 9.47 Å². The van der Waals surface area contributed by atoms with Gasteiger partial charge in [-0.15, -0.1) is 8.75 Å². The summed E-state index contributed by atoms with van der Waals surface area (Å²) in [6.07, 6.45) is 2.75. The molecule has 0 spiro atoms. The monoisotopic (exact) mass is 241 g/mol. The zero-order valence-corrected chi connectivity index (χ0v) is 10.1. The standard InChI is InChI=1S/C10H15N3O2S/c1-14-9-10(12-16-11-9)15-8-6-13-4-2-7(8)3-5-13/h7-8H,2-6H2,1H3/t8-/m0/s1. The molecule has 0 aromatic carbocycles. The second-order valence-electron chi connectivity index (χ2n) is 4.37. The molecule has 3 aliphatic heterocycles. The van der Waals surface area contributed by atoms with E-state index in [-0.39, 0.29) is 6.10 Å². The Morgan fingerprint density at radius 1 is 1.25 bits per heavy atom. The molecule has 3 aliphatic rings. The molecule has 3 fully saturated rings. The van der Waals surface area contributed by atoms with Crippen LogP contribution in [0.15, 0.2) is 0 Å². The molecule has 1 atom stereocenters. The average molecular weight is 241 g/mol. The normalized spacial score (nSPS) is 32.7. The van der Waals surface area contributed by atoms with Crippen molar-refractivity contribution in [2.24, 2.45) is 5.92 Å². The molecule has 16 heavy (non-hydrogen) atoms. The molecule has 0 unspecified atom stereocenters. The lowest BCUT2D eigenvalue weighted by Crippen LogP contribution is -2.52. The number of ether oxygens (including phenoxy) is 2. The SMILES string of the molecule is COc1nsnc1O[C@H]1CN2CCC1CC2. The van der Waals surface area contributed by atoms with Gasteiger partial charge in [0.15, 0.2) is 0 Å². The molecule has 0 N–H and O–H groups in total. The number of hydrogen-bond acceptors (Lipinski definition) is 6. The van der Waals surface area contributed by atoms with Crippen molar-refractivity contribution in [1.29, 1.82) is 0 Å². The number of methoxy groups -OCH3 is 1. The number of rotatable bonds is 3. The zero-order valence-electron chi connectivity index (χ0n) is 9.26. The van der Waals surface area contributed by atoms with Crippen LogP contribution in [0.3, 0.4) is 0 Å². The second-order valence-corrected chi connectivity index (χ2v) is 4.90. The van der Waals surface area contributed by atoms with Crippen molar-refractivity contribution in [1.82, 2.24) is 13.6 Å². The fraction of sp³-hybridized carbons (Fsp3) is 0.800. The summed E-state index contributed by atoms with van der Waals surface area (Å²) in [6, 6.07) is 0. The summed E-state index contributed by atoms with van der Waals surface area (Å²) in [7, 11) is 1.60. The lowest BCUT2D eigenvalue weighted by Gasteiger charge is -2.43. The Labute approximate surface area is 98.7 Å². The highest BCUT2D eigenvalue weighted by Gasteiger charge is 2.36. The van der Waals surface area contributed by atoms with Gasteiger partial charge in [0.2, 0.25) is 0 Å². The van der Waals surface area contributed by atoms with E-state index in [2.05, 4.69) is 13.6 Å². The molecule has 1 aromatic rings. The number of nitrogens with zero attached hydrogens (tertiary/aromatic N) is 3. The number of piperidine rings is 3. The summed E-state index contributed by atoms with van der Waals surface area (Å²) >= 11 is 1.14. The highest BCUT2D eigenvalue weighted by atomic mass is 32.1. The molecule has 1 aromatic heterocycles. The van der Waals surface area contributed by atoms with Gasteiger partial charge in [0.05, 0.1) is 18.8 Å². The van der Waals surface area contributed by atoms with E-state index in [1.807, 2.05) is 0 Å². The highest BCUT2D eigenvalue weighted by Crippen LogP contribution is 2.32. The van der Waals surface area contributed by atoms with Gasteiger partial charge in [-0.05, 0) is 31.8 Å². The maximum atomic E-state index is 5.92. The van der Waals surface area contributed by atoms with E-state index in [1.165, 1.54) is 25.9 Å². The maximum Gasteiger partial charge on any atom is 0.291 e. The average Bonchev–Trinajstić information content (AvgIpc) is 2.78. The Morgan fingerprint density at radius 3 is 2.62 bits per heavy atom. The van der Waals surface area contributed by atoms with Crippen LogP contribution in [-0.2, 0) is 0 Å². The fourth-order valence-corrected chi connectivity index (χ4v) is 3.02. The smallest absolute Gasteiger partial charge is 0.291 e. The van der Waals surface area contributed by atoms with Gasteiger partial charge in [-0.1, -0.05) is 0 Å². The molecule has 2 bridgehead atoms. The maximum absolute atomic E-state index is 5.92. The van der Waals surface area contributed by atoms with E-state index in [0.29, 0.717) is 17.7 Å². The topological polar surface area (TPSA) is 47.5 Å². The van der Waals surface area contributed by atoms with Gasteiger partial charge in [-0.3, -0.25) is 4.90 Å². The number of hydrogen-bond donors (Lipinski definition) is 0.